The van der Waals surface area contributed by atoms with E-state index in [0.717, 1.165) is 6.26 Å². The van der Waals surface area contributed by atoms with E-state index in [0.29, 0.717) is 10.6 Å². The van der Waals surface area contributed by atoms with Crippen LogP contribution < -0.4 is 5.32 Å². The molecule has 1 heterocycles. The molecule has 0 atom stereocenters. The molecule has 1 aromatic heterocycles. The molecule has 7 nitrogen and oxygen atoms in total. The zero-order valence-electron chi connectivity index (χ0n) is 12.9. The lowest BCUT2D eigenvalue weighted by Gasteiger charge is -2.02. The van der Waals surface area contributed by atoms with Crippen molar-refractivity contribution in [3.05, 3.63) is 59.1 Å². The number of halogens is 1. The Bertz CT molecular complexity index is 1050. The lowest BCUT2D eigenvalue weighted by Crippen LogP contribution is -2.12. The number of benzene rings is 2. The van der Waals surface area contributed by atoms with Gasteiger partial charge in [0.2, 0.25) is 5.89 Å². The van der Waals surface area contributed by atoms with Gasteiger partial charge in [0.05, 0.1) is 15.5 Å². The van der Waals surface area contributed by atoms with Crippen LogP contribution in [0.2, 0.25) is 5.02 Å². The summed E-state index contributed by atoms with van der Waals surface area (Å²) >= 11 is 5.96. The van der Waals surface area contributed by atoms with Crippen LogP contribution in [0.3, 0.4) is 0 Å². The van der Waals surface area contributed by atoms with Crippen molar-refractivity contribution in [2.45, 2.75) is 4.90 Å². The molecule has 0 unspecified atom stereocenters. The number of hydrogen-bond acceptors (Lipinski definition) is 6. The highest BCUT2D eigenvalue weighted by Gasteiger charge is 2.16. The lowest BCUT2D eigenvalue weighted by atomic mass is 10.2. The van der Waals surface area contributed by atoms with Crippen molar-refractivity contribution >= 4 is 33.4 Å². The third-order valence-electron chi connectivity index (χ3n) is 3.27. The summed E-state index contributed by atoms with van der Waals surface area (Å²) in [5.41, 5.74) is 0.691. The SMILES string of the molecule is CS(=O)(=O)c1cccc(-c2nnc(NC(=O)c3ccccc3Cl)o2)c1. The first-order valence-electron chi connectivity index (χ1n) is 7.04. The first-order valence-corrected chi connectivity index (χ1v) is 9.31. The Balaban J connectivity index is 1.84. The highest BCUT2D eigenvalue weighted by atomic mass is 35.5. The largest absolute Gasteiger partial charge is 0.403 e. The molecule has 3 aromatic rings. The summed E-state index contributed by atoms with van der Waals surface area (Å²) in [6.45, 7) is 0. The predicted molar refractivity (Wildman–Crippen MR) is 92.2 cm³/mol. The normalized spacial score (nSPS) is 11.3. The Hall–Kier alpha value is -2.71. The Labute approximate surface area is 148 Å². The number of rotatable bonds is 4. The van der Waals surface area contributed by atoms with Gasteiger partial charge in [-0.3, -0.25) is 10.1 Å². The fraction of sp³-hybridized carbons (Fsp3) is 0.0625. The highest BCUT2D eigenvalue weighted by Crippen LogP contribution is 2.23. The zero-order chi connectivity index (χ0) is 18.0. The van der Waals surface area contributed by atoms with Crippen molar-refractivity contribution in [2.24, 2.45) is 0 Å². The minimum atomic E-state index is -3.36. The van der Waals surface area contributed by atoms with E-state index in [4.69, 9.17) is 16.0 Å². The average molecular weight is 378 g/mol. The topological polar surface area (TPSA) is 102 Å². The van der Waals surface area contributed by atoms with Crippen LogP contribution in [0, 0.1) is 0 Å². The lowest BCUT2D eigenvalue weighted by molar-refractivity contribution is 0.102. The van der Waals surface area contributed by atoms with Gasteiger partial charge in [0, 0.05) is 11.8 Å². The summed E-state index contributed by atoms with van der Waals surface area (Å²) in [6.07, 6.45) is 1.11. The molecule has 0 bridgehead atoms. The molecule has 9 heteroatoms. The minimum Gasteiger partial charge on any atom is -0.403 e. The summed E-state index contributed by atoms with van der Waals surface area (Å²) in [6, 6.07) is 12.5. The van der Waals surface area contributed by atoms with Gasteiger partial charge < -0.3 is 4.42 Å². The summed E-state index contributed by atoms with van der Waals surface area (Å²) in [5.74, 6) is -0.411. The van der Waals surface area contributed by atoms with Crippen molar-refractivity contribution in [1.29, 1.82) is 0 Å². The van der Waals surface area contributed by atoms with E-state index in [1.807, 2.05) is 0 Å². The highest BCUT2D eigenvalue weighted by molar-refractivity contribution is 7.90. The maximum Gasteiger partial charge on any atom is 0.322 e. The molecule has 0 saturated heterocycles. The number of anilines is 1. The molecule has 0 radical (unpaired) electrons. The van der Waals surface area contributed by atoms with Crippen molar-refractivity contribution in [3.63, 3.8) is 0 Å². The fourth-order valence-electron chi connectivity index (χ4n) is 2.06. The number of aromatic nitrogens is 2. The summed E-state index contributed by atoms with van der Waals surface area (Å²) in [7, 11) is -3.36. The maximum atomic E-state index is 12.2. The Morgan fingerprint density at radius 2 is 1.88 bits per heavy atom. The fourth-order valence-corrected chi connectivity index (χ4v) is 2.95. The van der Waals surface area contributed by atoms with Crippen LogP contribution in [-0.2, 0) is 9.84 Å². The zero-order valence-corrected chi connectivity index (χ0v) is 14.5. The molecule has 25 heavy (non-hydrogen) atoms. The van der Waals surface area contributed by atoms with Gasteiger partial charge in [-0.25, -0.2) is 8.42 Å². The second kappa shape index (κ2) is 6.66. The van der Waals surface area contributed by atoms with Crippen LogP contribution >= 0.6 is 11.6 Å². The second-order valence-corrected chi connectivity index (χ2v) is 7.57. The predicted octanol–water partition coefficient (Wildman–Crippen LogP) is 3.05. The number of carbonyl (C=O) groups is 1. The average Bonchev–Trinajstić information content (AvgIpc) is 3.03. The number of carbonyl (C=O) groups excluding carboxylic acids is 1. The standard InChI is InChI=1S/C16H12ClN3O4S/c1-25(22,23)11-6-4-5-10(9-11)15-19-20-16(24-15)18-14(21)12-7-2-3-8-13(12)17/h2-9H,1H3,(H,18,20,21). The van der Waals surface area contributed by atoms with Crippen molar-refractivity contribution < 1.29 is 17.6 Å². The second-order valence-electron chi connectivity index (χ2n) is 5.15. The van der Waals surface area contributed by atoms with E-state index in [9.17, 15) is 13.2 Å². The van der Waals surface area contributed by atoms with Gasteiger partial charge in [-0.1, -0.05) is 34.9 Å². The maximum absolute atomic E-state index is 12.2. The molecule has 0 aliphatic rings. The molecular weight excluding hydrogens is 366 g/mol. The van der Waals surface area contributed by atoms with Crippen LogP contribution in [-0.4, -0.2) is 30.8 Å². The number of hydrogen-bond donors (Lipinski definition) is 1. The first-order chi connectivity index (χ1) is 11.8. The Morgan fingerprint density at radius 1 is 1.12 bits per heavy atom. The van der Waals surface area contributed by atoms with Crippen molar-refractivity contribution in [3.8, 4) is 11.5 Å². The van der Waals surface area contributed by atoms with E-state index in [-0.39, 0.29) is 22.4 Å². The smallest absolute Gasteiger partial charge is 0.322 e. The molecule has 1 N–H and O–H groups in total. The van der Waals surface area contributed by atoms with E-state index >= 15 is 0 Å². The molecule has 0 fully saturated rings. The van der Waals surface area contributed by atoms with Crippen molar-refractivity contribution in [2.75, 3.05) is 11.6 Å². The van der Waals surface area contributed by atoms with Gasteiger partial charge in [0.15, 0.2) is 9.84 Å². The summed E-state index contributed by atoms with van der Waals surface area (Å²) in [4.78, 5) is 12.3. The third kappa shape index (κ3) is 3.86. The molecule has 0 aliphatic carbocycles. The molecular formula is C16H12ClN3O4S. The van der Waals surface area contributed by atoms with Crippen LogP contribution in [0.25, 0.3) is 11.5 Å². The van der Waals surface area contributed by atoms with E-state index in [1.165, 1.54) is 12.1 Å². The van der Waals surface area contributed by atoms with Gasteiger partial charge in [-0.05, 0) is 30.3 Å². The van der Waals surface area contributed by atoms with Crippen LogP contribution in [0.15, 0.2) is 57.8 Å². The number of amides is 1. The van der Waals surface area contributed by atoms with Crippen molar-refractivity contribution in [1.82, 2.24) is 10.2 Å². The van der Waals surface area contributed by atoms with E-state index in [2.05, 4.69) is 15.5 Å². The first kappa shape index (κ1) is 17.1. The van der Waals surface area contributed by atoms with E-state index in [1.54, 1.807) is 36.4 Å². The van der Waals surface area contributed by atoms with Gasteiger partial charge >= 0.3 is 6.01 Å². The molecule has 3 rings (SSSR count). The Kier molecular flexibility index (Phi) is 4.56. The summed E-state index contributed by atoms with van der Waals surface area (Å²) in [5, 5.41) is 10.3. The monoisotopic (exact) mass is 377 g/mol. The van der Waals surface area contributed by atoms with E-state index < -0.39 is 15.7 Å². The molecule has 0 spiro atoms. The van der Waals surface area contributed by atoms with Crippen LogP contribution in [0.5, 0.6) is 0 Å². The van der Waals surface area contributed by atoms with Crippen LogP contribution in [0.4, 0.5) is 6.01 Å². The third-order valence-corrected chi connectivity index (χ3v) is 4.71. The van der Waals surface area contributed by atoms with Crippen LogP contribution in [0.1, 0.15) is 10.4 Å². The molecule has 2 aromatic carbocycles. The molecule has 128 valence electrons. The summed E-state index contributed by atoms with van der Waals surface area (Å²) < 4.78 is 28.6. The van der Waals surface area contributed by atoms with Gasteiger partial charge in [0.25, 0.3) is 5.91 Å². The number of sulfone groups is 1. The molecule has 0 aliphatic heterocycles. The number of nitrogens with zero attached hydrogens (tertiary/aromatic N) is 2. The minimum absolute atomic E-state index is 0.0833. The quantitative estimate of drug-likeness (QED) is 0.749. The molecule has 1 amide bonds. The molecule has 0 saturated carbocycles. The van der Waals surface area contributed by atoms with Gasteiger partial charge in [-0.15, -0.1) is 5.10 Å². The van der Waals surface area contributed by atoms with Gasteiger partial charge in [-0.2, -0.15) is 0 Å². The van der Waals surface area contributed by atoms with Gasteiger partial charge in [0.1, 0.15) is 0 Å². The Morgan fingerprint density at radius 3 is 2.60 bits per heavy atom. The number of nitrogens with one attached hydrogen (secondary N) is 1.